The quantitative estimate of drug-likeness (QED) is 0.734. The van der Waals surface area contributed by atoms with Crippen molar-refractivity contribution >= 4 is 17.7 Å². The van der Waals surface area contributed by atoms with Gasteiger partial charge >= 0.3 is 0 Å². The van der Waals surface area contributed by atoms with Gasteiger partial charge in [0.1, 0.15) is 5.75 Å². The molecule has 6 heteroatoms. The maximum absolute atomic E-state index is 12.6. The zero-order valence-corrected chi connectivity index (χ0v) is 16.4. The van der Waals surface area contributed by atoms with E-state index in [1.165, 1.54) is 4.90 Å². The summed E-state index contributed by atoms with van der Waals surface area (Å²) in [5.74, 6) is 0.689. The smallest absolute Gasteiger partial charge is 0.233 e. The van der Waals surface area contributed by atoms with E-state index in [1.54, 1.807) is 7.11 Å². The number of carbonyl (C=O) groups excluding carboxylic acids is 3. The van der Waals surface area contributed by atoms with Crippen LogP contribution in [0.15, 0.2) is 24.3 Å². The monoisotopic (exact) mass is 384 g/mol. The van der Waals surface area contributed by atoms with Crippen molar-refractivity contribution in [2.75, 3.05) is 13.7 Å². The van der Waals surface area contributed by atoms with Gasteiger partial charge in [0.2, 0.25) is 17.7 Å². The summed E-state index contributed by atoms with van der Waals surface area (Å²) in [4.78, 5) is 39.0. The van der Waals surface area contributed by atoms with Gasteiger partial charge in [0.15, 0.2) is 0 Å². The number of nitrogens with zero attached hydrogens (tertiary/aromatic N) is 1. The largest absolute Gasteiger partial charge is 0.497 e. The van der Waals surface area contributed by atoms with E-state index < -0.39 is 0 Å². The molecule has 0 bridgehead atoms. The number of carbonyl (C=O) groups is 3. The number of methoxy groups -OCH3 is 1. The van der Waals surface area contributed by atoms with Gasteiger partial charge in [0.05, 0.1) is 25.0 Å². The molecule has 0 aromatic heterocycles. The first kappa shape index (κ1) is 19.0. The second-order valence-corrected chi connectivity index (χ2v) is 8.23. The molecule has 0 radical (unpaired) electrons. The summed E-state index contributed by atoms with van der Waals surface area (Å²) in [6.45, 7) is 0.191. The summed E-state index contributed by atoms with van der Waals surface area (Å²) < 4.78 is 5.21. The molecule has 28 heavy (non-hydrogen) atoms. The van der Waals surface area contributed by atoms with Crippen LogP contribution in [0.4, 0.5) is 0 Å². The average Bonchev–Trinajstić information content (AvgIpc) is 3.53. The highest BCUT2D eigenvalue weighted by atomic mass is 16.5. The molecule has 1 saturated heterocycles. The Bertz CT molecular complexity index is 732. The highest BCUT2D eigenvalue weighted by Crippen LogP contribution is 2.41. The third-order valence-electron chi connectivity index (χ3n) is 6.38. The van der Waals surface area contributed by atoms with Crippen LogP contribution in [0.3, 0.4) is 0 Å². The van der Waals surface area contributed by atoms with Crippen LogP contribution in [0.25, 0.3) is 0 Å². The maximum Gasteiger partial charge on any atom is 0.233 e. The number of nitrogens with one attached hydrogen (secondary N) is 1. The number of fused-ring (bicyclic) bond motifs is 1. The van der Waals surface area contributed by atoms with Gasteiger partial charge in [-0.2, -0.15) is 0 Å². The lowest BCUT2D eigenvalue weighted by Crippen LogP contribution is -2.36. The second kappa shape index (κ2) is 7.94. The molecule has 1 N–H and O–H groups in total. The van der Waals surface area contributed by atoms with Crippen LogP contribution in [0.1, 0.15) is 56.6 Å². The number of likely N-dealkylation sites (tertiary alicyclic amines) is 1. The molecule has 2 aliphatic carbocycles. The molecule has 1 aromatic rings. The predicted molar refractivity (Wildman–Crippen MR) is 103 cm³/mol. The molecule has 3 amide bonds. The van der Waals surface area contributed by atoms with E-state index in [0.717, 1.165) is 49.8 Å². The SMILES string of the molecule is COc1ccc([C@H](NC(=O)CCN2C(=O)[C@H]3CCCC[C@@H]3C2=O)C2CC2)cc1. The van der Waals surface area contributed by atoms with E-state index in [-0.39, 0.29) is 48.6 Å². The predicted octanol–water partition coefficient (Wildman–Crippen LogP) is 2.83. The highest BCUT2D eigenvalue weighted by molar-refractivity contribution is 6.05. The number of imide groups is 1. The number of benzene rings is 1. The Hall–Kier alpha value is -2.37. The first-order chi connectivity index (χ1) is 13.6. The first-order valence-corrected chi connectivity index (χ1v) is 10.4. The molecular formula is C22H28N2O4. The van der Waals surface area contributed by atoms with Crippen molar-refractivity contribution < 1.29 is 19.1 Å². The van der Waals surface area contributed by atoms with Crippen LogP contribution in [-0.2, 0) is 14.4 Å². The first-order valence-electron chi connectivity index (χ1n) is 10.4. The van der Waals surface area contributed by atoms with Crippen molar-refractivity contribution in [2.45, 2.75) is 51.0 Å². The molecule has 3 atom stereocenters. The molecular weight excluding hydrogens is 356 g/mol. The molecule has 6 nitrogen and oxygen atoms in total. The lowest BCUT2D eigenvalue weighted by molar-refractivity contribution is -0.140. The van der Waals surface area contributed by atoms with Crippen molar-refractivity contribution in [1.82, 2.24) is 10.2 Å². The van der Waals surface area contributed by atoms with Gasteiger partial charge < -0.3 is 10.1 Å². The normalized spacial score (nSPS) is 25.4. The minimum atomic E-state index is -0.150. The molecule has 1 aliphatic heterocycles. The fraction of sp³-hybridized carbons (Fsp3) is 0.591. The third kappa shape index (κ3) is 3.77. The topological polar surface area (TPSA) is 75.7 Å². The summed E-state index contributed by atoms with van der Waals surface area (Å²) in [6.07, 6.45) is 6.00. The Balaban J connectivity index is 1.35. The highest BCUT2D eigenvalue weighted by Gasteiger charge is 2.47. The van der Waals surface area contributed by atoms with Gasteiger partial charge in [-0.1, -0.05) is 25.0 Å². The van der Waals surface area contributed by atoms with E-state index >= 15 is 0 Å². The van der Waals surface area contributed by atoms with Crippen molar-refractivity contribution in [3.8, 4) is 5.75 Å². The van der Waals surface area contributed by atoms with Crippen molar-refractivity contribution in [1.29, 1.82) is 0 Å². The fourth-order valence-corrected chi connectivity index (χ4v) is 4.62. The number of rotatable bonds is 7. The molecule has 0 unspecified atom stereocenters. The van der Waals surface area contributed by atoms with Crippen molar-refractivity contribution in [2.24, 2.45) is 17.8 Å². The molecule has 1 heterocycles. The van der Waals surface area contributed by atoms with E-state index in [2.05, 4.69) is 5.32 Å². The van der Waals surface area contributed by atoms with Crippen LogP contribution in [0, 0.1) is 17.8 Å². The molecule has 2 saturated carbocycles. The lowest BCUT2D eigenvalue weighted by Gasteiger charge is -2.20. The Morgan fingerprint density at radius 1 is 1.07 bits per heavy atom. The number of hydrogen-bond donors (Lipinski definition) is 1. The minimum Gasteiger partial charge on any atom is -0.497 e. The second-order valence-electron chi connectivity index (χ2n) is 8.23. The molecule has 3 aliphatic rings. The molecule has 1 aromatic carbocycles. The van der Waals surface area contributed by atoms with E-state index in [9.17, 15) is 14.4 Å². The zero-order chi connectivity index (χ0) is 19.7. The summed E-state index contributed by atoms with van der Waals surface area (Å²) in [7, 11) is 1.63. The molecule has 4 rings (SSSR count). The van der Waals surface area contributed by atoms with Gasteiger partial charge in [-0.05, 0) is 49.3 Å². The summed E-state index contributed by atoms with van der Waals surface area (Å²) >= 11 is 0. The summed E-state index contributed by atoms with van der Waals surface area (Å²) in [5, 5.41) is 3.12. The number of hydrogen-bond acceptors (Lipinski definition) is 4. The van der Waals surface area contributed by atoms with Crippen LogP contribution in [0.5, 0.6) is 5.75 Å². The van der Waals surface area contributed by atoms with Gasteiger partial charge in [-0.25, -0.2) is 0 Å². The maximum atomic E-state index is 12.6. The minimum absolute atomic E-state index is 0.0223. The fourth-order valence-electron chi connectivity index (χ4n) is 4.62. The Kier molecular flexibility index (Phi) is 5.38. The van der Waals surface area contributed by atoms with E-state index in [1.807, 2.05) is 24.3 Å². The van der Waals surface area contributed by atoms with Crippen molar-refractivity contribution in [3.05, 3.63) is 29.8 Å². The van der Waals surface area contributed by atoms with Gasteiger partial charge in [0, 0.05) is 13.0 Å². The van der Waals surface area contributed by atoms with Crippen LogP contribution in [0.2, 0.25) is 0 Å². The van der Waals surface area contributed by atoms with E-state index in [0.29, 0.717) is 5.92 Å². The Morgan fingerprint density at radius 3 is 2.21 bits per heavy atom. The Labute approximate surface area is 165 Å². The van der Waals surface area contributed by atoms with Gasteiger partial charge in [0.25, 0.3) is 0 Å². The van der Waals surface area contributed by atoms with Crippen LogP contribution in [-0.4, -0.2) is 36.3 Å². The average molecular weight is 384 g/mol. The number of amides is 3. The molecule has 0 spiro atoms. The standard InChI is InChI=1S/C22H28N2O4/c1-28-16-10-8-15(9-11-16)20(14-6-7-14)23-19(25)12-13-24-21(26)17-4-2-3-5-18(17)22(24)27/h8-11,14,17-18,20H,2-7,12-13H2,1H3,(H,23,25)/t17-,18-,20+/m0/s1. The van der Waals surface area contributed by atoms with Crippen LogP contribution < -0.4 is 10.1 Å². The van der Waals surface area contributed by atoms with Gasteiger partial charge in [-0.3, -0.25) is 19.3 Å². The van der Waals surface area contributed by atoms with Crippen LogP contribution >= 0.6 is 0 Å². The summed E-state index contributed by atoms with van der Waals surface area (Å²) in [5.41, 5.74) is 1.07. The third-order valence-corrected chi connectivity index (χ3v) is 6.38. The summed E-state index contributed by atoms with van der Waals surface area (Å²) in [6, 6.07) is 7.76. The van der Waals surface area contributed by atoms with Crippen molar-refractivity contribution in [3.63, 3.8) is 0 Å². The number of ether oxygens (including phenoxy) is 1. The Morgan fingerprint density at radius 2 is 1.68 bits per heavy atom. The van der Waals surface area contributed by atoms with E-state index in [4.69, 9.17) is 4.74 Å². The zero-order valence-electron chi connectivity index (χ0n) is 16.4. The molecule has 150 valence electrons. The van der Waals surface area contributed by atoms with Gasteiger partial charge in [-0.15, -0.1) is 0 Å². The molecule has 3 fully saturated rings. The lowest BCUT2D eigenvalue weighted by atomic mass is 9.81.